The van der Waals surface area contributed by atoms with Gasteiger partial charge in [0.2, 0.25) is 5.91 Å². The van der Waals surface area contributed by atoms with Crippen LogP contribution in [0, 0.1) is 5.41 Å². The molecule has 20 heavy (non-hydrogen) atoms. The van der Waals surface area contributed by atoms with Gasteiger partial charge in [-0.05, 0) is 19.6 Å². The molecule has 0 saturated carbocycles. The lowest BCUT2D eigenvalue weighted by atomic mass is 10.1. The van der Waals surface area contributed by atoms with Crippen molar-refractivity contribution >= 4 is 18.4 Å². The van der Waals surface area contributed by atoms with Crippen LogP contribution in [0.2, 0.25) is 0 Å². The van der Waals surface area contributed by atoms with E-state index in [4.69, 9.17) is 20.6 Å². The molecule has 0 saturated heterocycles. The van der Waals surface area contributed by atoms with E-state index in [2.05, 4.69) is 12.0 Å². The summed E-state index contributed by atoms with van der Waals surface area (Å²) in [6.45, 7) is 4.06. The van der Waals surface area contributed by atoms with Gasteiger partial charge in [0.1, 0.15) is 5.78 Å². The van der Waals surface area contributed by atoms with Crippen LogP contribution in [0.4, 0.5) is 0 Å². The van der Waals surface area contributed by atoms with E-state index >= 15 is 0 Å². The number of ketones is 1. The Morgan fingerprint density at radius 1 is 1.20 bits per heavy atom. The Morgan fingerprint density at radius 3 is 2.35 bits per heavy atom. The zero-order valence-corrected chi connectivity index (χ0v) is 12.4. The predicted molar refractivity (Wildman–Crippen MR) is 78.1 cm³/mol. The van der Waals surface area contributed by atoms with Crippen molar-refractivity contribution in [1.29, 1.82) is 5.41 Å². The average molecular weight is 289 g/mol. The molecule has 0 aliphatic heterocycles. The Bertz CT molecular complexity index is 262. The third-order valence-corrected chi connectivity index (χ3v) is 2.48. The number of hydrogen-bond acceptors (Lipinski definition) is 6. The second-order valence-electron chi connectivity index (χ2n) is 4.06. The van der Waals surface area contributed by atoms with Crippen molar-refractivity contribution in [3.05, 3.63) is 0 Å². The van der Waals surface area contributed by atoms with E-state index in [1.54, 1.807) is 14.2 Å². The molecule has 1 atom stereocenters. The maximum atomic E-state index is 11.5. The summed E-state index contributed by atoms with van der Waals surface area (Å²) in [6, 6.07) is -0.626. The molecule has 0 bridgehead atoms. The number of rotatable bonds is 11. The van der Waals surface area contributed by atoms with Crippen LogP contribution in [-0.4, -0.2) is 58.4 Å². The molecule has 1 amide bonds. The van der Waals surface area contributed by atoms with Crippen LogP contribution >= 0.6 is 0 Å². The molecule has 0 rings (SSSR count). The van der Waals surface area contributed by atoms with E-state index in [1.165, 1.54) is 0 Å². The molecular weight excluding hydrogens is 262 g/mol. The summed E-state index contributed by atoms with van der Waals surface area (Å²) in [4.78, 5) is 22.9. The van der Waals surface area contributed by atoms with E-state index in [0.29, 0.717) is 39.0 Å². The van der Waals surface area contributed by atoms with Crippen LogP contribution in [0.25, 0.3) is 0 Å². The number of carbonyl (C=O) groups excluding carboxylic acids is 2. The van der Waals surface area contributed by atoms with Crippen LogP contribution in [0.1, 0.15) is 25.7 Å². The molecule has 0 spiro atoms. The van der Waals surface area contributed by atoms with Gasteiger partial charge in [-0.25, -0.2) is 0 Å². The summed E-state index contributed by atoms with van der Waals surface area (Å²) in [5, 5.41) is 8.20. The number of Topliss-reactive ketones (excluding diaryl/α,β-unsaturated/α-hetero) is 1. The van der Waals surface area contributed by atoms with E-state index in [-0.39, 0.29) is 11.7 Å². The smallest absolute Gasteiger partial charge is 0.236 e. The molecule has 7 heteroatoms. The predicted octanol–water partition coefficient (Wildman–Crippen LogP) is 0.118. The monoisotopic (exact) mass is 289 g/mol. The first-order valence-electron chi connectivity index (χ1n) is 6.50. The number of nitrogens with two attached hydrogens (primary N) is 1. The molecule has 0 aliphatic rings. The van der Waals surface area contributed by atoms with Gasteiger partial charge in [0.25, 0.3) is 0 Å². The number of ether oxygens (including phenoxy) is 2. The van der Waals surface area contributed by atoms with Gasteiger partial charge in [0.15, 0.2) is 0 Å². The van der Waals surface area contributed by atoms with Gasteiger partial charge in [-0.2, -0.15) is 0 Å². The Balaban J connectivity index is 0. The van der Waals surface area contributed by atoms with Gasteiger partial charge >= 0.3 is 0 Å². The Hall–Kier alpha value is -1.31. The largest absolute Gasteiger partial charge is 0.385 e. The molecule has 0 heterocycles. The fourth-order valence-corrected chi connectivity index (χ4v) is 1.35. The molecule has 0 aromatic heterocycles. The summed E-state index contributed by atoms with van der Waals surface area (Å²) in [7, 11) is 3.16. The van der Waals surface area contributed by atoms with E-state index in [0.717, 1.165) is 6.42 Å². The minimum absolute atomic E-state index is 0.0690. The van der Waals surface area contributed by atoms with Crippen LogP contribution < -0.4 is 11.1 Å². The minimum atomic E-state index is -0.626. The van der Waals surface area contributed by atoms with Crippen molar-refractivity contribution in [2.45, 2.75) is 31.7 Å². The molecule has 7 nitrogen and oxygen atoms in total. The number of carbonyl (C=O) groups is 2. The fourth-order valence-electron chi connectivity index (χ4n) is 1.35. The first-order valence-corrected chi connectivity index (χ1v) is 6.50. The van der Waals surface area contributed by atoms with Crippen molar-refractivity contribution in [2.75, 3.05) is 34.0 Å². The second kappa shape index (κ2) is 15.7. The van der Waals surface area contributed by atoms with Gasteiger partial charge in [0, 0.05) is 40.2 Å². The summed E-state index contributed by atoms with van der Waals surface area (Å²) in [5.74, 6) is -0.148. The van der Waals surface area contributed by atoms with Gasteiger partial charge in [-0.1, -0.05) is 0 Å². The summed E-state index contributed by atoms with van der Waals surface area (Å²) in [5.41, 5.74) is 5.68. The third-order valence-electron chi connectivity index (χ3n) is 2.48. The number of hydrogen-bond donors (Lipinski definition) is 3. The molecule has 0 fully saturated rings. The lowest BCUT2D eigenvalue weighted by Crippen LogP contribution is -2.41. The average Bonchev–Trinajstić information content (AvgIpc) is 2.48. The Labute approximate surface area is 120 Å². The van der Waals surface area contributed by atoms with Gasteiger partial charge in [-0.15, -0.1) is 0 Å². The SMILES string of the molecule is C=N.COCCCNC(=O)C(N)CCC(=O)CCOC. The molecular formula is C13H27N3O4. The van der Waals surface area contributed by atoms with Crippen molar-refractivity contribution in [3.63, 3.8) is 0 Å². The number of nitrogens with one attached hydrogen (secondary N) is 2. The standard InChI is InChI=1S/C12H24N2O4.CH3N/c1-17-8-3-7-14-12(16)11(13)5-4-10(15)6-9-18-2;1-2/h11H,3-9,13H2,1-2H3,(H,14,16);2H,1H2. The third kappa shape index (κ3) is 13.1. The molecule has 0 aromatic carbocycles. The maximum absolute atomic E-state index is 11.5. The quantitative estimate of drug-likeness (QED) is 0.369. The molecule has 1 unspecified atom stereocenters. The van der Waals surface area contributed by atoms with E-state index in [1.807, 2.05) is 0 Å². The molecule has 0 aromatic rings. The van der Waals surface area contributed by atoms with Crippen LogP contribution in [0.3, 0.4) is 0 Å². The summed E-state index contributed by atoms with van der Waals surface area (Å²) >= 11 is 0. The highest BCUT2D eigenvalue weighted by Gasteiger charge is 2.14. The number of methoxy groups -OCH3 is 2. The van der Waals surface area contributed by atoms with Crippen molar-refractivity contribution < 1.29 is 19.1 Å². The highest BCUT2D eigenvalue weighted by molar-refractivity contribution is 5.83. The zero-order valence-electron chi connectivity index (χ0n) is 12.4. The van der Waals surface area contributed by atoms with Gasteiger partial charge in [-0.3, -0.25) is 9.59 Å². The van der Waals surface area contributed by atoms with Crippen molar-refractivity contribution in [3.8, 4) is 0 Å². The van der Waals surface area contributed by atoms with Crippen molar-refractivity contribution in [1.82, 2.24) is 5.32 Å². The lowest BCUT2D eigenvalue weighted by molar-refractivity contribution is -0.123. The first kappa shape index (κ1) is 21.0. The highest BCUT2D eigenvalue weighted by atomic mass is 16.5. The second-order valence-corrected chi connectivity index (χ2v) is 4.06. The van der Waals surface area contributed by atoms with Crippen LogP contribution in [0.5, 0.6) is 0 Å². The molecule has 4 N–H and O–H groups in total. The van der Waals surface area contributed by atoms with Gasteiger partial charge in [0.05, 0.1) is 12.6 Å². The molecule has 118 valence electrons. The van der Waals surface area contributed by atoms with Crippen molar-refractivity contribution in [2.24, 2.45) is 5.73 Å². The van der Waals surface area contributed by atoms with E-state index < -0.39 is 6.04 Å². The topological polar surface area (TPSA) is 115 Å². The lowest BCUT2D eigenvalue weighted by Gasteiger charge is -2.11. The van der Waals surface area contributed by atoms with Crippen LogP contribution in [-0.2, 0) is 19.1 Å². The fraction of sp³-hybridized carbons (Fsp3) is 0.769. The first-order chi connectivity index (χ1) is 9.61. The Kier molecular flexibility index (Phi) is 16.5. The number of amides is 1. The summed E-state index contributed by atoms with van der Waals surface area (Å²) in [6.07, 6.45) is 1.81. The Morgan fingerprint density at radius 2 is 1.80 bits per heavy atom. The normalized spacial score (nSPS) is 11.2. The zero-order chi connectivity index (χ0) is 15.8. The van der Waals surface area contributed by atoms with Crippen LogP contribution in [0.15, 0.2) is 0 Å². The minimum Gasteiger partial charge on any atom is -0.385 e. The highest BCUT2D eigenvalue weighted by Crippen LogP contribution is 1.99. The van der Waals surface area contributed by atoms with Gasteiger partial charge < -0.3 is 25.9 Å². The molecule has 0 radical (unpaired) electrons. The summed E-state index contributed by atoms with van der Waals surface area (Å²) < 4.78 is 9.66. The molecule has 0 aliphatic carbocycles. The maximum Gasteiger partial charge on any atom is 0.236 e. The van der Waals surface area contributed by atoms with E-state index in [9.17, 15) is 9.59 Å².